The number of unbranched alkanes of at least 4 members (excludes halogenated alkanes) is 32. The van der Waals surface area contributed by atoms with Crippen LogP contribution in [0, 0.1) is 0 Å². The average molecular weight is 766 g/mol. The first kappa shape index (κ1) is 52.9. The number of ether oxygens (including phenoxy) is 1. The quantitative estimate of drug-likeness (QED) is 0.0424. The first-order valence-electron chi connectivity index (χ1n) is 24.3. The van der Waals surface area contributed by atoms with E-state index in [0.29, 0.717) is 19.3 Å². The van der Waals surface area contributed by atoms with Gasteiger partial charge in [-0.15, -0.1) is 0 Å². The van der Waals surface area contributed by atoms with Crippen LogP contribution in [0.1, 0.15) is 271 Å². The third-order valence-corrected chi connectivity index (χ3v) is 11.4. The molecule has 3 N–H and O–H groups in total. The fourth-order valence-electron chi connectivity index (χ4n) is 7.73. The van der Waals surface area contributed by atoms with E-state index in [2.05, 4.69) is 26.1 Å². The van der Waals surface area contributed by atoms with E-state index < -0.39 is 18.2 Å². The van der Waals surface area contributed by atoms with Crippen molar-refractivity contribution in [2.24, 2.45) is 0 Å². The van der Waals surface area contributed by atoms with Crippen molar-refractivity contribution >= 4 is 11.9 Å². The maximum atomic E-state index is 13.1. The predicted molar refractivity (Wildman–Crippen MR) is 232 cm³/mol. The molecule has 0 fully saturated rings. The van der Waals surface area contributed by atoms with E-state index in [-0.39, 0.29) is 24.9 Å². The van der Waals surface area contributed by atoms with E-state index in [1.807, 2.05) is 0 Å². The van der Waals surface area contributed by atoms with Gasteiger partial charge in [0.2, 0.25) is 5.91 Å². The van der Waals surface area contributed by atoms with Crippen molar-refractivity contribution in [2.45, 2.75) is 289 Å². The number of hydrogen-bond acceptors (Lipinski definition) is 5. The van der Waals surface area contributed by atoms with Crippen molar-refractivity contribution in [1.82, 2.24) is 5.32 Å². The van der Waals surface area contributed by atoms with Crippen molar-refractivity contribution < 1.29 is 24.5 Å². The minimum Gasteiger partial charge on any atom is -0.462 e. The molecule has 6 nitrogen and oxygen atoms in total. The number of carbonyl (C=O) groups is 2. The lowest BCUT2D eigenvalue weighted by atomic mass is 10.0. The van der Waals surface area contributed by atoms with Crippen LogP contribution in [0.5, 0.6) is 0 Å². The van der Waals surface area contributed by atoms with Crippen LogP contribution in [-0.4, -0.2) is 46.9 Å². The van der Waals surface area contributed by atoms with Crippen LogP contribution in [0.25, 0.3) is 0 Å². The van der Waals surface area contributed by atoms with Crippen LogP contribution in [0.2, 0.25) is 0 Å². The van der Waals surface area contributed by atoms with Gasteiger partial charge in [0, 0.05) is 6.42 Å². The van der Waals surface area contributed by atoms with Crippen molar-refractivity contribution in [1.29, 1.82) is 0 Å². The van der Waals surface area contributed by atoms with Gasteiger partial charge in [-0.3, -0.25) is 9.59 Å². The summed E-state index contributed by atoms with van der Waals surface area (Å²) in [5.41, 5.74) is 0. The molecule has 0 radical (unpaired) electrons. The number of carbonyl (C=O) groups excluding carboxylic acids is 2. The van der Waals surface area contributed by atoms with Gasteiger partial charge in [0.1, 0.15) is 6.10 Å². The monoisotopic (exact) mass is 766 g/mol. The number of hydrogen-bond donors (Lipinski definition) is 3. The summed E-state index contributed by atoms with van der Waals surface area (Å²) in [7, 11) is 0. The molecule has 54 heavy (non-hydrogen) atoms. The molecule has 0 aromatic heterocycles. The molecule has 0 aliphatic carbocycles. The fraction of sp³-hybridized carbons (Fsp3) is 0.958. The standard InChI is InChI=1S/C48H95NO5/c1-4-7-10-13-16-19-21-23-24-25-27-29-32-35-38-41-48(53)54-44(39-36-33-30-18-15-12-9-6-3)42-47(52)49-45(43-50)46(51)40-37-34-31-28-26-22-20-17-14-11-8-5-2/h44-46,50-51H,4-43H2,1-3H3,(H,49,52). The Balaban J connectivity index is 4.40. The third-order valence-electron chi connectivity index (χ3n) is 11.4. The lowest BCUT2D eigenvalue weighted by Crippen LogP contribution is -2.46. The van der Waals surface area contributed by atoms with Gasteiger partial charge in [-0.1, -0.05) is 233 Å². The zero-order chi connectivity index (χ0) is 39.6. The SMILES string of the molecule is CCCCCCCCCCCCCCCCCC(=O)OC(CCCCCCCCCC)CC(=O)NC(CO)C(O)CCCCCCCCCCCCCC. The summed E-state index contributed by atoms with van der Waals surface area (Å²) in [6.45, 7) is 6.47. The van der Waals surface area contributed by atoms with Crippen LogP contribution in [0.15, 0.2) is 0 Å². The minimum absolute atomic E-state index is 0.0862. The number of aliphatic hydroxyl groups excluding tert-OH is 2. The van der Waals surface area contributed by atoms with Gasteiger partial charge in [0.25, 0.3) is 0 Å². The summed E-state index contributed by atoms with van der Waals surface area (Å²) < 4.78 is 5.90. The predicted octanol–water partition coefficient (Wildman–Crippen LogP) is 14.0. The van der Waals surface area contributed by atoms with E-state index >= 15 is 0 Å². The Hall–Kier alpha value is -1.14. The topological polar surface area (TPSA) is 95.9 Å². The third kappa shape index (κ3) is 37.8. The van der Waals surface area contributed by atoms with Gasteiger partial charge in [-0.25, -0.2) is 0 Å². The second-order valence-corrected chi connectivity index (χ2v) is 16.9. The molecule has 0 saturated heterocycles. The number of amides is 1. The largest absolute Gasteiger partial charge is 0.462 e. The van der Waals surface area contributed by atoms with Crippen molar-refractivity contribution in [3.05, 3.63) is 0 Å². The number of aliphatic hydroxyl groups is 2. The van der Waals surface area contributed by atoms with Crippen LogP contribution in [0.3, 0.4) is 0 Å². The van der Waals surface area contributed by atoms with Crippen LogP contribution in [0.4, 0.5) is 0 Å². The van der Waals surface area contributed by atoms with Crippen molar-refractivity contribution in [3.63, 3.8) is 0 Å². The van der Waals surface area contributed by atoms with Gasteiger partial charge >= 0.3 is 5.97 Å². The summed E-state index contributed by atoms with van der Waals surface area (Å²) in [4.78, 5) is 26.0. The summed E-state index contributed by atoms with van der Waals surface area (Å²) in [5, 5.41) is 23.6. The first-order valence-corrected chi connectivity index (χ1v) is 24.3. The number of nitrogens with one attached hydrogen (secondary N) is 1. The van der Waals surface area contributed by atoms with Gasteiger partial charge in [0.05, 0.1) is 25.2 Å². The van der Waals surface area contributed by atoms with Gasteiger partial charge in [-0.2, -0.15) is 0 Å². The van der Waals surface area contributed by atoms with Gasteiger partial charge in [0.15, 0.2) is 0 Å². The molecule has 0 saturated carbocycles. The Kier molecular flexibility index (Phi) is 42.1. The maximum Gasteiger partial charge on any atom is 0.306 e. The normalized spacial score (nSPS) is 13.2. The second kappa shape index (κ2) is 43.0. The molecule has 322 valence electrons. The van der Waals surface area contributed by atoms with Crippen LogP contribution in [-0.2, 0) is 14.3 Å². The lowest BCUT2D eigenvalue weighted by molar-refractivity contribution is -0.151. The van der Waals surface area contributed by atoms with E-state index in [9.17, 15) is 19.8 Å². The smallest absolute Gasteiger partial charge is 0.306 e. The molecule has 3 unspecified atom stereocenters. The Morgan fingerprint density at radius 2 is 0.778 bits per heavy atom. The van der Waals surface area contributed by atoms with Crippen LogP contribution < -0.4 is 5.32 Å². The maximum absolute atomic E-state index is 13.1. The number of esters is 1. The first-order chi connectivity index (χ1) is 26.5. The molecular weight excluding hydrogens is 671 g/mol. The Morgan fingerprint density at radius 1 is 0.463 bits per heavy atom. The van der Waals surface area contributed by atoms with E-state index in [1.54, 1.807) is 0 Å². The summed E-state index contributed by atoms with van der Waals surface area (Å²) >= 11 is 0. The second-order valence-electron chi connectivity index (χ2n) is 16.9. The summed E-state index contributed by atoms with van der Waals surface area (Å²) in [5.74, 6) is -0.458. The Labute approximate surface area is 336 Å². The molecule has 1 amide bonds. The molecular formula is C48H95NO5. The van der Waals surface area contributed by atoms with Gasteiger partial charge < -0.3 is 20.3 Å². The molecule has 0 aromatic carbocycles. The average Bonchev–Trinajstić information content (AvgIpc) is 3.16. The molecule has 0 aliphatic heterocycles. The molecule has 0 bridgehead atoms. The minimum atomic E-state index is -0.777. The van der Waals surface area contributed by atoms with Crippen LogP contribution >= 0.6 is 0 Å². The zero-order valence-electron chi connectivity index (χ0n) is 36.6. The highest BCUT2D eigenvalue weighted by Gasteiger charge is 2.24. The molecule has 6 heteroatoms. The van der Waals surface area contributed by atoms with Gasteiger partial charge in [-0.05, 0) is 25.7 Å². The summed E-state index contributed by atoms with van der Waals surface area (Å²) in [6.07, 6.45) is 44.5. The molecule has 0 rings (SSSR count). The molecule has 0 aliphatic rings. The molecule has 3 atom stereocenters. The molecule has 0 spiro atoms. The van der Waals surface area contributed by atoms with E-state index in [0.717, 1.165) is 38.5 Å². The Morgan fingerprint density at radius 3 is 1.13 bits per heavy atom. The van der Waals surface area contributed by atoms with E-state index in [1.165, 1.54) is 186 Å². The van der Waals surface area contributed by atoms with Crippen molar-refractivity contribution in [2.75, 3.05) is 6.61 Å². The number of rotatable bonds is 44. The molecule has 0 aromatic rings. The fourth-order valence-corrected chi connectivity index (χ4v) is 7.73. The zero-order valence-corrected chi connectivity index (χ0v) is 36.6. The van der Waals surface area contributed by atoms with Crippen molar-refractivity contribution in [3.8, 4) is 0 Å². The van der Waals surface area contributed by atoms with E-state index in [4.69, 9.17) is 4.74 Å². The molecule has 0 heterocycles. The lowest BCUT2D eigenvalue weighted by Gasteiger charge is -2.24. The Bertz CT molecular complexity index is 776. The highest BCUT2D eigenvalue weighted by molar-refractivity contribution is 5.77. The highest BCUT2D eigenvalue weighted by Crippen LogP contribution is 2.18. The highest BCUT2D eigenvalue weighted by atomic mass is 16.5. The summed E-state index contributed by atoms with van der Waals surface area (Å²) in [6, 6.07) is -0.690.